The van der Waals surface area contributed by atoms with Gasteiger partial charge < -0.3 is 5.11 Å². The van der Waals surface area contributed by atoms with Crippen LogP contribution in [0.15, 0.2) is 29.2 Å². The molecule has 0 aliphatic carbocycles. The van der Waals surface area contributed by atoms with E-state index in [0.29, 0.717) is 11.3 Å². The molecule has 0 aromatic heterocycles. The minimum Gasteiger partial charge on any atom is -0.481 e. The Bertz CT molecular complexity index is 451. The summed E-state index contributed by atoms with van der Waals surface area (Å²) in [5.74, 6) is -1.11. The molecule has 0 bridgehead atoms. The van der Waals surface area contributed by atoms with Gasteiger partial charge in [-0.05, 0) is 25.5 Å². The van der Waals surface area contributed by atoms with Crippen LogP contribution in [0.25, 0.3) is 0 Å². The minimum atomic E-state index is -1.33. The molecule has 1 aromatic rings. The molecule has 0 heterocycles. The predicted octanol–water partition coefficient (Wildman–Crippen LogP) is 1.93. The summed E-state index contributed by atoms with van der Waals surface area (Å²) in [4.78, 5) is 22.4. The Morgan fingerprint density at radius 3 is 2.33 bits per heavy atom. The number of aryl methyl sites for hydroxylation is 1. The molecule has 0 saturated heterocycles. The van der Waals surface area contributed by atoms with Crippen molar-refractivity contribution in [2.24, 2.45) is 0 Å². The van der Waals surface area contributed by atoms with Crippen LogP contribution in [0.1, 0.15) is 24.8 Å². The summed E-state index contributed by atoms with van der Waals surface area (Å²) < 4.78 is 11.8. The summed E-state index contributed by atoms with van der Waals surface area (Å²) in [6, 6.07) is 7.19. The third kappa shape index (κ3) is 5.23. The molecule has 1 unspecified atom stereocenters. The van der Waals surface area contributed by atoms with Gasteiger partial charge in [-0.25, -0.2) is 0 Å². The second-order valence-corrected chi connectivity index (χ2v) is 5.54. The Kier molecular flexibility index (Phi) is 5.71. The van der Waals surface area contributed by atoms with E-state index >= 15 is 0 Å². The Balaban J connectivity index is 2.42. The van der Waals surface area contributed by atoms with Crippen LogP contribution < -0.4 is 0 Å². The molecular weight excluding hydrogens is 252 g/mol. The van der Waals surface area contributed by atoms with Crippen molar-refractivity contribution in [3.8, 4) is 0 Å². The van der Waals surface area contributed by atoms with E-state index in [-0.39, 0.29) is 24.4 Å². The molecule has 4 nitrogen and oxygen atoms in total. The zero-order chi connectivity index (χ0) is 13.5. The molecule has 0 aliphatic rings. The molecule has 1 rings (SSSR count). The van der Waals surface area contributed by atoms with Crippen molar-refractivity contribution in [2.75, 3.05) is 5.75 Å². The SMILES string of the molecule is Cc1ccc(S(=O)CC(=O)CCCC(=O)O)cc1. The van der Waals surface area contributed by atoms with Crippen molar-refractivity contribution in [1.29, 1.82) is 0 Å². The lowest BCUT2D eigenvalue weighted by Gasteiger charge is -2.02. The Hall–Kier alpha value is -1.49. The van der Waals surface area contributed by atoms with Gasteiger partial charge in [0.15, 0.2) is 0 Å². The molecule has 0 spiro atoms. The van der Waals surface area contributed by atoms with E-state index < -0.39 is 16.8 Å². The largest absolute Gasteiger partial charge is 0.481 e. The van der Waals surface area contributed by atoms with Gasteiger partial charge in [-0.1, -0.05) is 17.7 Å². The van der Waals surface area contributed by atoms with Crippen LogP contribution in [0.4, 0.5) is 0 Å². The topological polar surface area (TPSA) is 71.4 Å². The molecule has 0 fully saturated rings. The molecule has 0 saturated carbocycles. The summed E-state index contributed by atoms with van der Waals surface area (Å²) in [5, 5.41) is 8.44. The van der Waals surface area contributed by atoms with E-state index in [4.69, 9.17) is 5.11 Å². The number of carbonyl (C=O) groups is 2. The van der Waals surface area contributed by atoms with Gasteiger partial charge in [-0.15, -0.1) is 0 Å². The van der Waals surface area contributed by atoms with Crippen molar-refractivity contribution in [3.05, 3.63) is 29.8 Å². The lowest BCUT2D eigenvalue weighted by molar-refractivity contribution is -0.137. The summed E-state index contributed by atoms with van der Waals surface area (Å²) in [6.45, 7) is 1.93. The highest BCUT2D eigenvalue weighted by Gasteiger charge is 2.10. The number of hydrogen-bond donors (Lipinski definition) is 1. The van der Waals surface area contributed by atoms with E-state index in [2.05, 4.69) is 0 Å². The first kappa shape index (κ1) is 14.6. The fraction of sp³-hybridized carbons (Fsp3) is 0.385. The van der Waals surface area contributed by atoms with Gasteiger partial charge in [0.1, 0.15) is 5.78 Å². The van der Waals surface area contributed by atoms with Gasteiger partial charge >= 0.3 is 5.97 Å². The first-order valence-electron chi connectivity index (χ1n) is 5.67. The number of rotatable bonds is 7. The maximum absolute atomic E-state index is 11.8. The number of carbonyl (C=O) groups excluding carboxylic acids is 1. The zero-order valence-corrected chi connectivity index (χ0v) is 11.0. The van der Waals surface area contributed by atoms with Gasteiger partial charge in [0.25, 0.3) is 0 Å². The third-order valence-corrected chi connectivity index (χ3v) is 3.80. The van der Waals surface area contributed by atoms with Crippen LogP contribution in [0.3, 0.4) is 0 Å². The van der Waals surface area contributed by atoms with Crippen molar-refractivity contribution >= 4 is 22.6 Å². The maximum Gasteiger partial charge on any atom is 0.303 e. The Labute approximate surface area is 108 Å². The highest BCUT2D eigenvalue weighted by atomic mass is 32.2. The van der Waals surface area contributed by atoms with Crippen molar-refractivity contribution < 1.29 is 18.9 Å². The molecule has 98 valence electrons. The van der Waals surface area contributed by atoms with Crippen LogP contribution in [0.2, 0.25) is 0 Å². The Morgan fingerprint density at radius 1 is 1.17 bits per heavy atom. The normalized spacial score (nSPS) is 12.1. The quantitative estimate of drug-likeness (QED) is 0.820. The average Bonchev–Trinajstić information content (AvgIpc) is 2.29. The molecule has 1 atom stereocenters. The minimum absolute atomic E-state index is 0.0249. The monoisotopic (exact) mass is 268 g/mol. The van der Waals surface area contributed by atoms with Crippen molar-refractivity contribution in [2.45, 2.75) is 31.1 Å². The molecule has 0 aliphatic heterocycles. The van der Waals surface area contributed by atoms with Gasteiger partial charge in [0.05, 0.1) is 16.6 Å². The Morgan fingerprint density at radius 2 is 1.78 bits per heavy atom. The third-order valence-electron chi connectivity index (χ3n) is 2.42. The maximum atomic E-state index is 11.8. The first-order chi connectivity index (χ1) is 8.49. The molecule has 0 radical (unpaired) electrons. The molecule has 0 amide bonds. The van der Waals surface area contributed by atoms with E-state index in [1.54, 1.807) is 12.1 Å². The van der Waals surface area contributed by atoms with Crippen LogP contribution in [-0.2, 0) is 20.4 Å². The van der Waals surface area contributed by atoms with Crippen molar-refractivity contribution in [3.63, 3.8) is 0 Å². The van der Waals surface area contributed by atoms with Gasteiger partial charge in [0, 0.05) is 17.7 Å². The number of carboxylic acid groups (broad SMARTS) is 1. The van der Waals surface area contributed by atoms with E-state index in [1.807, 2.05) is 19.1 Å². The smallest absolute Gasteiger partial charge is 0.303 e. The second kappa shape index (κ2) is 7.06. The van der Waals surface area contributed by atoms with Crippen molar-refractivity contribution in [1.82, 2.24) is 0 Å². The number of benzene rings is 1. The molecular formula is C13H16O4S. The lowest BCUT2D eigenvalue weighted by Crippen LogP contribution is -2.11. The number of carboxylic acids is 1. The van der Waals surface area contributed by atoms with Gasteiger partial charge in [-0.3, -0.25) is 13.8 Å². The van der Waals surface area contributed by atoms with E-state index in [1.165, 1.54) is 0 Å². The fourth-order valence-electron chi connectivity index (χ4n) is 1.43. The molecule has 5 heteroatoms. The number of ketones is 1. The van der Waals surface area contributed by atoms with Crippen LogP contribution >= 0.6 is 0 Å². The highest BCUT2D eigenvalue weighted by molar-refractivity contribution is 7.85. The first-order valence-corrected chi connectivity index (χ1v) is 6.99. The number of Topliss-reactive ketones (excluding diaryl/α,β-unsaturated/α-hetero) is 1. The van der Waals surface area contributed by atoms with E-state index in [0.717, 1.165) is 5.56 Å². The van der Waals surface area contributed by atoms with Crippen LogP contribution in [0, 0.1) is 6.92 Å². The average molecular weight is 268 g/mol. The fourth-order valence-corrected chi connectivity index (χ4v) is 2.47. The second-order valence-electron chi connectivity index (χ2n) is 4.09. The summed E-state index contributed by atoms with van der Waals surface area (Å²) in [5.41, 5.74) is 1.07. The standard InChI is InChI=1S/C13H16O4S/c1-10-5-7-12(8-6-10)18(17)9-11(14)3-2-4-13(15)16/h5-8H,2-4,9H2,1H3,(H,15,16). The number of aliphatic carboxylic acids is 1. The van der Waals surface area contributed by atoms with Gasteiger partial charge in [0.2, 0.25) is 0 Å². The van der Waals surface area contributed by atoms with Crippen LogP contribution in [0.5, 0.6) is 0 Å². The predicted molar refractivity (Wildman–Crippen MR) is 68.9 cm³/mol. The molecule has 1 N–H and O–H groups in total. The number of hydrogen-bond acceptors (Lipinski definition) is 3. The summed E-state index contributed by atoms with van der Waals surface area (Å²) in [7, 11) is -1.33. The van der Waals surface area contributed by atoms with Crippen LogP contribution in [-0.4, -0.2) is 26.8 Å². The molecule has 1 aromatic carbocycles. The van der Waals surface area contributed by atoms with E-state index in [9.17, 15) is 13.8 Å². The summed E-state index contributed by atoms with van der Waals surface area (Å²) >= 11 is 0. The lowest BCUT2D eigenvalue weighted by atomic mass is 10.2. The van der Waals surface area contributed by atoms with Gasteiger partial charge in [-0.2, -0.15) is 0 Å². The zero-order valence-electron chi connectivity index (χ0n) is 10.2. The summed E-state index contributed by atoms with van der Waals surface area (Å²) in [6.07, 6.45) is 0.450. The molecule has 18 heavy (non-hydrogen) atoms. The highest BCUT2D eigenvalue weighted by Crippen LogP contribution is 2.09.